The number of anilines is 1. The van der Waals surface area contributed by atoms with Crippen molar-refractivity contribution >= 4 is 17.5 Å². The average Bonchev–Trinajstić information content (AvgIpc) is 2.69. The zero-order valence-corrected chi connectivity index (χ0v) is 9.42. The lowest BCUT2D eigenvalue weighted by Gasteiger charge is -2.12. The van der Waals surface area contributed by atoms with Crippen molar-refractivity contribution in [3.63, 3.8) is 0 Å². The first-order chi connectivity index (χ1) is 8.06. The van der Waals surface area contributed by atoms with Gasteiger partial charge in [-0.3, -0.25) is 9.59 Å². The van der Waals surface area contributed by atoms with Crippen LogP contribution in [0.5, 0.6) is 0 Å². The highest BCUT2D eigenvalue weighted by Gasteiger charge is 2.27. The number of aryl methyl sites for hydroxylation is 1. The van der Waals surface area contributed by atoms with Gasteiger partial charge in [0.15, 0.2) is 0 Å². The molecule has 0 saturated carbocycles. The van der Waals surface area contributed by atoms with Gasteiger partial charge in [0.1, 0.15) is 11.9 Å². The number of hydrogen-bond acceptors (Lipinski definition) is 2. The van der Waals surface area contributed by atoms with Gasteiger partial charge in [-0.2, -0.15) is 0 Å². The number of nitrogens with one attached hydrogen (secondary N) is 2. The van der Waals surface area contributed by atoms with E-state index in [1.807, 2.05) is 0 Å². The molecule has 4 nitrogen and oxygen atoms in total. The van der Waals surface area contributed by atoms with Crippen LogP contribution in [-0.4, -0.2) is 17.9 Å². The van der Waals surface area contributed by atoms with Crippen molar-refractivity contribution in [2.45, 2.75) is 25.8 Å². The van der Waals surface area contributed by atoms with E-state index in [-0.39, 0.29) is 17.6 Å². The number of carbonyl (C=O) groups excluding carboxylic acids is 2. The zero-order valence-electron chi connectivity index (χ0n) is 9.42. The lowest BCUT2D eigenvalue weighted by Crippen LogP contribution is -2.37. The van der Waals surface area contributed by atoms with Crippen molar-refractivity contribution in [1.29, 1.82) is 0 Å². The van der Waals surface area contributed by atoms with Crippen LogP contribution in [0.15, 0.2) is 18.2 Å². The van der Waals surface area contributed by atoms with Crippen LogP contribution in [0.2, 0.25) is 0 Å². The molecule has 1 heterocycles. The molecule has 1 aromatic rings. The minimum atomic E-state index is -0.480. The Bertz CT molecular complexity index is 474. The monoisotopic (exact) mass is 236 g/mol. The van der Waals surface area contributed by atoms with E-state index in [0.717, 1.165) is 0 Å². The average molecular weight is 236 g/mol. The highest BCUT2D eigenvalue weighted by Crippen LogP contribution is 2.17. The Morgan fingerprint density at radius 3 is 2.88 bits per heavy atom. The van der Waals surface area contributed by atoms with E-state index in [0.29, 0.717) is 24.1 Å². The van der Waals surface area contributed by atoms with Gasteiger partial charge >= 0.3 is 0 Å². The van der Waals surface area contributed by atoms with Crippen LogP contribution in [0.1, 0.15) is 18.4 Å². The maximum Gasteiger partial charge on any atom is 0.246 e. The zero-order chi connectivity index (χ0) is 12.4. The topological polar surface area (TPSA) is 58.2 Å². The quantitative estimate of drug-likeness (QED) is 0.814. The Morgan fingerprint density at radius 1 is 1.53 bits per heavy atom. The summed E-state index contributed by atoms with van der Waals surface area (Å²) in [6, 6.07) is 3.67. The summed E-state index contributed by atoms with van der Waals surface area (Å²) in [4.78, 5) is 22.8. The fraction of sp³-hybridized carbons (Fsp3) is 0.333. The number of halogens is 1. The Labute approximate surface area is 98.2 Å². The van der Waals surface area contributed by atoms with Crippen LogP contribution in [0.3, 0.4) is 0 Å². The van der Waals surface area contributed by atoms with Gasteiger partial charge in [0.2, 0.25) is 11.8 Å². The Hall–Kier alpha value is -1.91. The predicted molar refractivity (Wildman–Crippen MR) is 60.9 cm³/mol. The second-order valence-corrected chi connectivity index (χ2v) is 4.11. The Kier molecular flexibility index (Phi) is 3.08. The summed E-state index contributed by atoms with van der Waals surface area (Å²) in [7, 11) is 0. The van der Waals surface area contributed by atoms with Crippen molar-refractivity contribution in [1.82, 2.24) is 5.32 Å². The number of hydrogen-bond donors (Lipinski definition) is 2. The molecule has 1 saturated heterocycles. The van der Waals surface area contributed by atoms with E-state index in [2.05, 4.69) is 10.6 Å². The van der Waals surface area contributed by atoms with Crippen LogP contribution in [0.25, 0.3) is 0 Å². The molecule has 0 radical (unpaired) electrons. The molecule has 0 aromatic heterocycles. The van der Waals surface area contributed by atoms with E-state index in [1.165, 1.54) is 18.2 Å². The molecule has 0 bridgehead atoms. The lowest BCUT2D eigenvalue weighted by atomic mass is 10.1. The third-order valence-corrected chi connectivity index (χ3v) is 2.76. The molecule has 1 aliphatic rings. The largest absolute Gasteiger partial charge is 0.344 e. The summed E-state index contributed by atoms with van der Waals surface area (Å²) < 4.78 is 12.9. The molecule has 2 N–H and O–H groups in total. The van der Waals surface area contributed by atoms with Gasteiger partial charge in [0.25, 0.3) is 0 Å². The summed E-state index contributed by atoms with van der Waals surface area (Å²) >= 11 is 0. The van der Waals surface area contributed by atoms with E-state index in [4.69, 9.17) is 0 Å². The van der Waals surface area contributed by atoms with Gasteiger partial charge in [-0.05, 0) is 37.1 Å². The van der Waals surface area contributed by atoms with Gasteiger partial charge in [0, 0.05) is 12.1 Å². The van der Waals surface area contributed by atoms with Gasteiger partial charge in [-0.15, -0.1) is 0 Å². The Balaban J connectivity index is 2.05. The van der Waals surface area contributed by atoms with Crippen LogP contribution in [-0.2, 0) is 9.59 Å². The van der Waals surface area contributed by atoms with E-state index in [9.17, 15) is 14.0 Å². The maximum absolute atomic E-state index is 12.9. The smallest absolute Gasteiger partial charge is 0.246 e. The summed E-state index contributed by atoms with van der Waals surface area (Å²) in [5, 5.41) is 5.26. The summed E-state index contributed by atoms with van der Waals surface area (Å²) in [5.41, 5.74) is 1.22. The third-order valence-electron chi connectivity index (χ3n) is 2.76. The van der Waals surface area contributed by atoms with E-state index < -0.39 is 6.04 Å². The summed E-state index contributed by atoms with van der Waals surface area (Å²) in [5.74, 6) is -0.707. The number of carbonyl (C=O) groups is 2. The molecule has 0 aliphatic carbocycles. The summed E-state index contributed by atoms with van der Waals surface area (Å²) in [6.45, 7) is 1.71. The van der Waals surface area contributed by atoms with Gasteiger partial charge in [-0.1, -0.05) is 0 Å². The number of benzene rings is 1. The van der Waals surface area contributed by atoms with Crippen molar-refractivity contribution in [2.24, 2.45) is 0 Å². The normalized spacial score (nSPS) is 18.9. The molecule has 5 heteroatoms. The highest BCUT2D eigenvalue weighted by atomic mass is 19.1. The summed E-state index contributed by atoms with van der Waals surface area (Å²) in [6.07, 6.45) is 0.880. The molecular weight excluding hydrogens is 223 g/mol. The molecule has 2 amide bonds. The van der Waals surface area contributed by atoms with Crippen molar-refractivity contribution < 1.29 is 14.0 Å². The molecule has 1 aromatic carbocycles. The first kappa shape index (κ1) is 11.6. The standard InChI is InChI=1S/C12H13FN2O2/c1-7-6-8(13)2-3-9(7)15-12(17)10-4-5-11(16)14-10/h2-3,6,10H,4-5H2,1H3,(H,14,16)(H,15,17). The molecule has 2 rings (SSSR count). The van der Waals surface area contributed by atoms with Crippen molar-refractivity contribution in [2.75, 3.05) is 5.32 Å². The molecule has 1 unspecified atom stereocenters. The van der Waals surface area contributed by atoms with Crippen LogP contribution < -0.4 is 10.6 Å². The van der Waals surface area contributed by atoms with Crippen LogP contribution in [0, 0.1) is 12.7 Å². The van der Waals surface area contributed by atoms with Gasteiger partial charge in [0.05, 0.1) is 0 Å². The fourth-order valence-electron chi connectivity index (χ4n) is 1.80. The van der Waals surface area contributed by atoms with Crippen molar-refractivity contribution in [3.8, 4) is 0 Å². The minimum absolute atomic E-state index is 0.110. The second-order valence-electron chi connectivity index (χ2n) is 4.11. The van der Waals surface area contributed by atoms with Crippen molar-refractivity contribution in [3.05, 3.63) is 29.6 Å². The van der Waals surface area contributed by atoms with Gasteiger partial charge in [-0.25, -0.2) is 4.39 Å². The first-order valence-electron chi connectivity index (χ1n) is 5.42. The predicted octanol–water partition coefficient (Wildman–Crippen LogP) is 1.35. The van der Waals surface area contributed by atoms with Crippen LogP contribution >= 0.6 is 0 Å². The second kappa shape index (κ2) is 4.53. The lowest BCUT2D eigenvalue weighted by molar-refractivity contribution is -0.122. The number of rotatable bonds is 2. The third kappa shape index (κ3) is 2.61. The maximum atomic E-state index is 12.9. The molecule has 1 aliphatic heterocycles. The molecule has 1 atom stereocenters. The molecule has 17 heavy (non-hydrogen) atoms. The SMILES string of the molecule is Cc1cc(F)ccc1NC(=O)C1CCC(=O)N1. The van der Waals surface area contributed by atoms with E-state index >= 15 is 0 Å². The minimum Gasteiger partial charge on any atom is -0.344 e. The van der Waals surface area contributed by atoms with Gasteiger partial charge < -0.3 is 10.6 Å². The highest BCUT2D eigenvalue weighted by molar-refractivity contribution is 5.99. The fourth-order valence-corrected chi connectivity index (χ4v) is 1.80. The first-order valence-corrected chi connectivity index (χ1v) is 5.42. The van der Waals surface area contributed by atoms with E-state index in [1.54, 1.807) is 6.92 Å². The Morgan fingerprint density at radius 2 is 2.29 bits per heavy atom. The molecule has 90 valence electrons. The molecular formula is C12H13FN2O2. The number of amides is 2. The molecule has 1 fully saturated rings. The molecule has 0 spiro atoms. The van der Waals surface area contributed by atoms with Crippen LogP contribution in [0.4, 0.5) is 10.1 Å².